The molecule has 27 heavy (non-hydrogen) atoms. The van der Waals surface area contributed by atoms with Gasteiger partial charge in [-0.1, -0.05) is 61.0 Å². The summed E-state index contributed by atoms with van der Waals surface area (Å²) in [5.41, 5.74) is 1.93. The van der Waals surface area contributed by atoms with Crippen molar-refractivity contribution < 1.29 is 9.59 Å². The molecule has 0 aliphatic carbocycles. The highest BCUT2D eigenvalue weighted by molar-refractivity contribution is 6.30. The highest BCUT2D eigenvalue weighted by atomic mass is 35.5. The third kappa shape index (κ3) is 6.40. The van der Waals surface area contributed by atoms with Crippen LogP contribution in [0, 0.1) is 0 Å². The summed E-state index contributed by atoms with van der Waals surface area (Å²) in [6, 6.07) is 16.6. The van der Waals surface area contributed by atoms with Crippen LogP contribution in [0.5, 0.6) is 0 Å². The van der Waals surface area contributed by atoms with E-state index in [0.717, 1.165) is 17.5 Å². The molecule has 0 saturated heterocycles. The Hall–Kier alpha value is -2.33. The number of benzene rings is 2. The summed E-state index contributed by atoms with van der Waals surface area (Å²) in [6.07, 6.45) is 1.62. The molecule has 5 heteroatoms. The maximum atomic E-state index is 12.9. The topological polar surface area (TPSA) is 49.4 Å². The molecule has 2 aromatic rings. The van der Waals surface area contributed by atoms with Crippen molar-refractivity contribution in [2.45, 2.75) is 45.7 Å². The van der Waals surface area contributed by atoms with E-state index in [1.165, 1.54) is 0 Å². The largest absolute Gasteiger partial charge is 0.355 e. The molecule has 0 fully saturated rings. The summed E-state index contributed by atoms with van der Waals surface area (Å²) in [6.45, 7) is 4.73. The minimum absolute atomic E-state index is 0.0235. The number of halogens is 1. The van der Waals surface area contributed by atoms with Gasteiger partial charge in [-0.2, -0.15) is 0 Å². The van der Waals surface area contributed by atoms with Crippen LogP contribution in [0.3, 0.4) is 0 Å². The molecule has 0 bridgehead atoms. The van der Waals surface area contributed by atoms with Crippen LogP contribution in [0.1, 0.15) is 37.8 Å². The van der Waals surface area contributed by atoms with E-state index < -0.39 is 6.04 Å². The number of amides is 2. The number of hydrogen-bond acceptors (Lipinski definition) is 2. The van der Waals surface area contributed by atoms with E-state index in [1.54, 1.807) is 11.0 Å². The van der Waals surface area contributed by atoms with Gasteiger partial charge in [0.2, 0.25) is 11.8 Å². The van der Waals surface area contributed by atoms with Crippen molar-refractivity contribution in [2.24, 2.45) is 0 Å². The molecule has 0 aliphatic rings. The average Bonchev–Trinajstić information content (AvgIpc) is 2.66. The lowest BCUT2D eigenvalue weighted by molar-refractivity contribution is -0.141. The highest BCUT2D eigenvalue weighted by Crippen LogP contribution is 2.18. The summed E-state index contributed by atoms with van der Waals surface area (Å²) >= 11 is 6.11. The number of nitrogens with zero attached hydrogens (tertiary/aromatic N) is 1. The fourth-order valence-corrected chi connectivity index (χ4v) is 3.25. The fourth-order valence-electron chi connectivity index (χ4n) is 3.04. The zero-order valence-electron chi connectivity index (χ0n) is 16.0. The first-order valence-electron chi connectivity index (χ1n) is 9.40. The van der Waals surface area contributed by atoms with Crippen molar-refractivity contribution in [2.75, 3.05) is 6.54 Å². The average molecular weight is 387 g/mol. The first kappa shape index (κ1) is 21.0. The summed E-state index contributed by atoms with van der Waals surface area (Å²) < 4.78 is 0. The molecule has 0 aromatic heterocycles. The van der Waals surface area contributed by atoms with Gasteiger partial charge in [-0.3, -0.25) is 9.59 Å². The van der Waals surface area contributed by atoms with Crippen molar-refractivity contribution in [3.8, 4) is 0 Å². The number of carbonyl (C=O) groups excluding carboxylic acids is 2. The van der Waals surface area contributed by atoms with Crippen LogP contribution < -0.4 is 5.32 Å². The molecule has 0 aliphatic heterocycles. The molecule has 4 nitrogen and oxygen atoms in total. The lowest BCUT2D eigenvalue weighted by atomic mass is 10.0. The predicted octanol–water partition coefficient (Wildman–Crippen LogP) is 4.22. The predicted molar refractivity (Wildman–Crippen MR) is 110 cm³/mol. The van der Waals surface area contributed by atoms with E-state index in [-0.39, 0.29) is 11.8 Å². The number of likely N-dealkylation sites (N-methyl/N-ethyl adjacent to an activating group) is 1. The Morgan fingerprint density at radius 3 is 2.37 bits per heavy atom. The summed E-state index contributed by atoms with van der Waals surface area (Å²) in [4.78, 5) is 27.4. The Morgan fingerprint density at radius 2 is 1.74 bits per heavy atom. The quantitative estimate of drug-likeness (QED) is 0.701. The zero-order valence-corrected chi connectivity index (χ0v) is 16.7. The Morgan fingerprint density at radius 1 is 1.04 bits per heavy atom. The van der Waals surface area contributed by atoms with Crippen LogP contribution in [0.4, 0.5) is 0 Å². The molecule has 1 atom stereocenters. The lowest BCUT2D eigenvalue weighted by Gasteiger charge is -2.31. The van der Waals surface area contributed by atoms with Crippen LogP contribution in [0.25, 0.3) is 0 Å². The molecule has 1 N–H and O–H groups in total. The first-order valence-corrected chi connectivity index (χ1v) is 9.78. The first-order chi connectivity index (χ1) is 13.0. The van der Waals surface area contributed by atoms with E-state index >= 15 is 0 Å². The summed E-state index contributed by atoms with van der Waals surface area (Å²) in [5.74, 6) is -0.155. The van der Waals surface area contributed by atoms with Gasteiger partial charge in [-0.25, -0.2) is 0 Å². The Kier molecular flexibility index (Phi) is 8.34. The third-order valence-electron chi connectivity index (χ3n) is 4.33. The number of rotatable bonds is 9. The lowest BCUT2D eigenvalue weighted by Crippen LogP contribution is -2.50. The van der Waals surface area contributed by atoms with Crippen LogP contribution in [-0.4, -0.2) is 29.3 Å². The van der Waals surface area contributed by atoms with Crippen molar-refractivity contribution in [1.82, 2.24) is 10.2 Å². The van der Waals surface area contributed by atoms with Gasteiger partial charge in [-0.05, 0) is 36.6 Å². The smallest absolute Gasteiger partial charge is 0.243 e. The molecule has 0 spiro atoms. The molecule has 0 radical (unpaired) electrons. The van der Waals surface area contributed by atoms with E-state index in [2.05, 4.69) is 5.32 Å². The molecule has 144 valence electrons. The third-order valence-corrected chi connectivity index (χ3v) is 4.56. The molecule has 2 rings (SSSR count). The van der Waals surface area contributed by atoms with Gasteiger partial charge >= 0.3 is 0 Å². The molecular formula is C22H27ClN2O2. The van der Waals surface area contributed by atoms with Crippen molar-refractivity contribution in [1.29, 1.82) is 0 Å². The van der Waals surface area contributed by atoms with Gasteiger partial charge in [0.1, 0.15) is 6.04 Å². The Balaban J connectivity index is 2.34. The van der Waals surface area contributed by atoms with Crippen LogP contribution in [-0.2, 0) is 22.6 Å². The van der Waals surface area contributed by atoms with E-state index in [9.17, 15) is 9.59 Å². The Bertz CT molecular complexity index is 749. The van der Waals surface area contributed by atoms with Gasteiger partial charge in [0.25, 0.3) is 0 Å². The SMILES string of the molecule is CCCC(=O)N(Cc1cccc(Cl)c1)C(Cc1ccccc1)C(=O)NCC. The van der Waals surface area contributed by atoms with Gasteiger partial charge in [-0.15, -0.1) is 0 Å². The number of carbonyl (C=O) groups is 2. The van der Waals surface area contributed by atoms with Gasteiger partial charge in [0.05, 0.1) is 0 Å². The van der Waals surface area contributed by atoms with E-state index in [1.807, 2.05) is 62.4 Å². The van der Waals surface area contributed by atoms with Crippen LogP contribution >= 0.6 is 11.6 Å². The normalized spacial score (nSPS) is 11.7. The van der Waals surface area contributed by atoms with E-state index in [4.69, 9.17) is 11.6 Å². The van der Waals surface area contributed by atoms with Crippen molar-refractivity contribution in [3.05, 3.63) is 70.7 Å². The summed E-state index contributed by atoms with van der Waals surface area (Å²) in [5, 5.41) is 3.50. The standard InChI is InChI=1S/C22H27ClN2O2/c1-3-9-21(26)25(16-18-12-8-13-19(23)14-18)20(22(27)24-4-2)15-17-10-6-5-7-11-17/h5-8,10-14,20H,3-4,9,15-16H2,1-2H3,(H,24,27). The fraction of sp³-hybridized carbons (Fsp3) is 0.364. The second-order valence-electron chi connectivity index (χ2n) is 6.50. The molecule has 0 saturated carbocycles. The van der Waals surface area contributed by atoms with Gasteiger partial charge in [0.15, 0.2) is 0 Å². The molecule has 1 unspecified atom stereocenters. The molecule has 2 amide bonds. The second-order valence-corrected chi connectivity index (χ2v) is 6.94. The monoisotopic (exact) mass is 386 g/mol. The van der Waals surface area contributed by atoms with Gasteiger partial charge < -0.3 is 10.2 Å². The zero-order chi connectivity index (χ0) is 19.6. The minimum atomic E-state index is -0.564. The minimum Gasteiger partial charge on any atom is -0.355 e. The van der Waals surface area contributed by atoms with Crippen LogP contribution in [0.15, 0.2) is 54.6 Å². The summed E-state index contributed by atoms with van der Waals surface area (Å²) in [7, 11) is 0. The van der Waals surface area contributed by atoms with Crippen LogP contribution in [0.2, 0.25) is 5.02 Å². The van der Waals surface area contributed by atoms with Gasteiger partial charge in [0, 0.05) is 31.0 Å². The maximum absolute atomic E-state index is 12.9. The molecule has 0 heterocycles. The highest BCUT2D eigenvalue weighted by Gasteiger charge is 2.29. The number of hydrogen-bond donors (Lipinski definition) is 1. The van der Waals surface area contributed by atoms with Crippen molar-refractivity contribution >= 4 is 23.4 Å². The number of nitrogens with one attached hydrogen (secondary N) is 1. The maximum Gasteiger partial charge on any atom is 0.243 e. The Labute approximate surface area is 166 Å². The molecular weight excluding hydrogens is 360 g/mol. The molecule has 2 aromatic carbocycles. The van der Waals surface area contributed by atoms with Crippen molar-refractivity contribution in [3.63, 3.8) is 0 Å². The second kappa shape index (κ2) is 10.7. The van der Waals surface area contributed by atoms with E-state index in [0.29, 0.717) is 31.0 Å².